The Bertz CT molecular complexity index is 620. The number of fused-ring (bicyclic) bond motifs is 1. The molecule has 1 atom stereocenters. The highest BCUT2D eigenvalue weighted by molar-refractivity contribution is 7.99. The molecule has 102 valence electrons. The average Bonchev–Trinajstić information content (AvgIpc) is 2.73. The number of halogens is 1. The van der Waals surface area contributed by atoms with Crippen LogP contribution in [-0.4, -0.2) is 16.6 Å². The van der Waals surface area contributed by atoms with Crippen molar-refractivity contribution in [3.63, 3.8) is 0 Å². The lowest BCUT2D eigenvalue weighted by Crippen LogP contribution is -2.39. The van der Waals surface area contributed by atoms with Crippen molar-refractivity contribution in [3.05, 3.63) is 35.0 Å². The van der Waals surface area contributed by atoms with Crippen LogP contribution in [0, 0.1) is 5.41 Å². The van der Waals surface area contributed by atoms with Crippen LogP contribution in [0.3, 0.4) is 0 Å². The minimum atomic E-state index is -0.894. The maximum Gasteiger partial charge on any atom is 0.153 e. The Morgan fingerprint density at radius 1 is 1.32 bits per heavy atom. The standard InChI is InChI=1S/C15H17ClO2S/c1-14(2)7-15(17,9-19-8-14)12-6-10-4-3-5-11(16)13(10)18-12/h3-6,17H,7-9H2,1-2H3. The van der Waals surface area contributed by atoms with Crippen molar-refractivity contribution in [3.8, 4) is 0 Å². The van der Waals surface area contributed by atoms with E-state index >= 15 is 0 Å². The predicted molar refractivity (Wildman–Crippen MR) is 80.8 cm³/mol. The molecule has 0 bridgehead atoms. The van der Waals surface area contributed by atoms with Crippen molar-refractivity contribution >= 4 is 34.3 Å². The molecule has 1 unspecified atom stereocenters. The topological polar surface area (TPSA) is 33.4 Å². The zero-order valence-electron chi connectivity index (χ0n) is 11.1. The summed E-state index contributed by atoms with van der Waals surface area (Å²) < 4.78 is 5.84. The molecule has 0 aliphatic carbocycles. The fourth-order valence-corrected chi connectivity index (χ4v) is 4.36. The number of thioether (sulfide) groups is 1. The predicted octanol–water partition coefficient (Wildman–Crippen LogP) is 4.44. The van der Waals surface area contributed by atoms with Gasteiger partial charge in [-0.05, 0) is 29.7 Å². The summed E-state index contributed by atoms with van der Waals surface area (Å²) in [6, 6.07) is 7.58. The van der Waals surface area contributed by atoms with E-state index in [1.54, 1.807) is 17.8 Å². The van der Waals surface area contributed by atoms with E-state index in [0.29, 0.717) is 28.5 Å². The van der Waals surface area contributed by atoms with Gasteiger partial charge in [0.2, 0.25) is 0 Å². The third-order valence-electron chi connectivity index (χ3n) is 3.56. The van der Waals surface area contributed by atoms with Gasteiger partial charge in [-0.2, -0.15) is 11.8 Å². The molecule has 0 radical (unpaired) electrons. The van der Waals surface area contributed by atoms with Gasteiger partial charge in [0.25, 0.3) is 0 Å². The first kappa shape index (κ1) is 13.3. The lowest BCUT2D eigenvalue weighted by molar-refractivity contribution is -0.00222. The van der Waals surface area contributed by atoms with Crippen molar-refractivity contribution in [1.29, 1.82) is 0 Å². The molecule has 1 aliphatic rings. The zero-order chi connectivity index (χ0) is 13.7. The molecule has 1 aromatic heterocycles. The van der Waals surface area contributed by atoms with E-state index in [9.17, 15) is 5.11 Å². The minimum absolute atomic E-state index is 0.112. The summed E-state index contributed by atoms with van der Waals surface area (Å²) >= 11 is 7.90. The van der Waals surface area contributed by atoms with E-state index < -0.39 is 5.60 Å². The van der Waals surface area contributed by atoms with Crippen molar-refractivity contribution in [2.75, 3.05) is 11.5 Å². The molecule has 1 aromatic carbocycles. The number of rotatable bonds is 1. The summed E-state index contributed by atoms with van der Waals surface area (Å²) in [7, 11) is 0. The minimum Gasteiger partial charge on any atom is -0.456 e. The number of aliphatic hydroxyl groups is 1. The second-order valence-corrected chi connectivity index (χ2v) is 7.53. The molecule has 2 aromatic rings. The molecule has 3 rings (SSSR count). The number of hydrogen-bond acceptors (Lipinski definition) is 3. The van der Waals surface area contributed by atoms with E-state index in [4.69, 9.17) is 16.0 Å². The van der Waals surface area contributed by atoms with E-state index in [2.05, 4.69) is 13.8 Å². The normalized spacial score (nSPS) is 26.7. The molecule has 1 saturated heterocycles. The molecule has 2 heterocycles. The van der Waals surface area contributed by atoms with E-state index in [0.717, 1.165) is 11.1 Å². The fraction of sp³-hybridized carbons (Fsp3) is 0.467. The number of furan rings is 1. The molecular formula is C15H17ClO2S. The maximum absolute atomic E-state index is 10.9. The summed E-state index contributed by atoms with van der Waals surface area (Å²) in [4.78, 5) is 0. The largest absolute Gasteiger partial charge is 0.456 e. The molecule has 4 heteroatoms. The Kier molecular flexibility index (Phi) is 3.12. The SMILES string of the molecule is CC1(C)CSCC(O)(c2cc3cccc(Cl)c3o2)C1. The smallest absolute Gasteiger partial charge is 0.153 e. The Labute approximate surface area is 122 Å². The van der Waals surface area contributed by atoms with Crippen LogP contribution in [0.4, 0.5) is 0 Å². The quantitative estimate of drug-likeness (QED) is 0.845. The van der Waals surface area contributed by atoms with Gasteiger partial charge in [-0.15, -0.1) is 0 Å². The van der Waals surface area contributed by atoms with Crippen LogP contribution in [0.25, 0.3) is 11.0 Å². The van der Waals surface area contributed by atoms with Gasteiger partial charge in [0.15, 0.2) is 5.58 Å². The molecule has 1 aliphatic heterocycles. The van der Waals surface area contributed by atoms with Crippen LogP contribution in [-0.2, 0) is 5.60 Å². The molecule has 0 spiro atoms. The summed E-state index contributed by atoms with van der Waals surface area (Å²) in [6.45, 7) is 4.36. The summed E-state index contributed by atoms with van der Waals surface area (Å²) in [5, 5.41) is 12.5. The van der Waals surface area contributed by atoms with Gasteiger partial charge >= 0.3 is 0 Å². The van der Waals surface area contributed by atoms with Crippen LogP contribution < -0.4 is 0 Å². The molecular weight excluding hydrogens is 280 g/mol. The number of hydrogen-bond donors (Lipinski definition) is 1. The van der Waals surface area contributed by atoms with Gasteiger partial charge in [-0.1, -0.05) is 37.6 Å². The lowest BCUT2D eigenvalue weighted by Gasteiger charge is -2.39. The highest BCUT2D eigenvalue weighted by atomic mass is 35.5. The highest BCUT2D eigenvalue weighted by Crippen LogP contribution is 2.45. The van der Waals surface area contributed by atoms with Gasteiger partial charge in [0, 0.05) is 11.1 Å². The van der Waals surface area contributed by atoms with E-state index in [-0.39, 0.29) is 5.41 Å². The zero-order valence-corrected chi connectivity index (χ0v) is 12.6. The van der Waals surface area contributed by atoms with Gasteiger partial charge in [-0.3, -0.25) is 0 Å². The first-order chi connectivity index (χ1) is 8.90. The van der Waals surface area contributed by atoms with Crippen molar-refractivity contribution in [2.45, 2.75) is 25.9 Å². The lowest BCUT2D eigenvalue weighted by atomic mass is 9.81. The van der Waals surface area contributed by atoms with E-state index in [1.807, 2.05) is 18.2 Å². The molecule has 0 amide bonds. The van der Waals surface area contributed by atoms with Crippen molar-refractivity contribution in [1.82, 2.24) is 0 Å². The Hall–Kier alpha value is -0.640. The fourth-order valence-electron chi connectivity index (χ4n) is 2.80. The molecule has 2 nitrogen and oxygen atoms in total. The molecule has 19 heavy (non-hydrogen) atoms. The summed E-state index contributed by atoms with van der Waals surface area (Å²) in [5.74, 6) is 2.38. The second kappa shape index (κ2) is 4.44. The van der Waals surface area contributed by atoms with E-state index in [1.165, 1.54) is 0 Å². The monoisotopic (exact) mass is 296 g/mol. The third-order valence-corrected chi connectivity index (χ3v) is 5.52. The van der Waals surface area contributed by atoms with Gasteiger partial charge < -0.3 is 9.52 Å². The molecule has 1 N–H and O–H groups in total. The third kappa shape index (κ3) is 2.39. The van der Waals surface area contributed by atoms with Crippen LogP contribution in [0.5, 0.6) is 0 Å². The van der Waals surface area contributed by atoms with Crippen LogP contribution in [0.2, 0.25) is 5.02 Å². The Morgan fingerprint density at radius 3 is 2.79 bits per heavy atom. The number of para-hydroxylation sites is 1. The molecule has 0 saturated carbocycles. The van der Waals surface area contributed by atoms with Gasteiger partial charge in [-0.25, -0.2) is 0 Å². The summed E-state index contributed by atoms with van der Waals surface area (Å²) in [5.41, 5.74) is -0.115. The Balaban J connectivity index is 2.06. The highest BCUT2D eigenvalue weighted by Gasteiger charge is 2.42. The van der Waals surface area contributed by atoms with Crippen LogP contribution in [0.15, 0.2) is 28.7 Å². The first-order valence-electron chi connectivity index (χ1n) is 6.38. The average molecular weight is 297 g/mol. The van der Waals surface area contributed by atoms with Crippen molar-refractivity contribution in [2.24, 2.45) is 5.41 Å². The van der Waals surface area contributed by atoms with Crippen LogP contribution in [0.1, 0.15) is 26.0 Å². The van der Waals surface area contributed by atoms with Gasteiger partial charge in [0.1, 0.15) is 11.4 Å². The van der Waals surface area contributed by atoms with Crippen molar-refractivity contribution < 1.29 is 9.52 Å². The molecule has 1 fully saturated rings. The van der Waals surface area contributed by atoms with Crippen LogP contribution >= 0.6 is 23.4 Å². The number of benzene rings is 1. The maximum atomic E-state index is 10.9. The first-order valence-corrected chi connectivity index (χ1v) is 7.92. The summed E-state index contributed by atoms with van der Waals surface area (Å²) in [6.07, 6.45) is 0.713. The Morgan fingerprint density at radius 2 is 2.11 bits per heavy atom. The second-order valence-electron chi connectivity index (χ2n) is 6.13. The van der Waals surface area contributed by atoms with Gasteiger partial charge in [0.05, 0.1) is 5.02 Å².